The SMILES string of the molecule is CN(Cc1nnc2n1CCC2)C(=O)C=Cc1cccs1. The fraction of sp³-hybridized carbons (Fsp3) is 0.357. The molecule has 0 fully saturated rings. The first-order valence-corrected chi connectivity index (χ1v) is 7.49. The first kappa shape index (κ1) is 13.1. The molecule has 1 amide bonds. The van der Waals surface area contributed by atoms with Gasteiger partial charge < -0.3 is 9.47 Å². The maximum Gasteiger partial charge on any atom is 0.246 e. The van der Waals surface area contributed by atoms with Crippen molar-refractivity contribution < 1.29 is 4.79 Å². The minimum Gasteiger partial charge on any atom is -0.335 e. The van der Waals surface area contributed by atoms with Crippen LogP contribution in [0.5, 0.6) is 0 Å². The average molecular weight is 288 g/mol. The number of hydrogen-bond donors (Lipinski definition) is 0. The minimum absolute atomic E-state index is 0.0197. The number of thiophene rings is 1. The van der Waals surface area contributed by atoms with Crippen molar-refractivity contribution >= 4 is 23.3 Å². The molecular weight excluding hydrogens is 272 g/mol. The Hall–Kier alpha value is -1.95. The third-order valence-corrected chi connectivity index (χ3v) is 4.21. The summed E-state index contributed by atoms with van der Waals surface area (Å²) < 4.78 is 2.12. The van der Waals surface area contributed by atoms with Gasteiger partial charge in [-0.15, -0.1) is 21.5 Å². The number of likely N-dealkylation sites (N-methyl/N-ethyl adjacent to an activating group) is 1. The third kappa shape index (κ3) is 2.65. The topological polar surface area (TPSA) is 51.0 Å². The molecule has 20 heavy (non-hydrogen) atoms. The smallest absolute Gasteiger partial charge is 0.246 e. The molecule has 5 nitrogen and oxygen atoms in total. The zero-order valence-corrected chi connectivity index (χ0v) is 12.1. The molecule has 0 atom stereocenters. The van der Waals surface area contributed by atoms with Crippen LogP contribution in [-0.4, -0.2) is 32.6 Å². The number of amides is 1. The van der Waals surface area contributed by atoms with E-state index in [-0.39, 0.29) is 5.91 Å². The van der Waals surface area contributed by atoms with Gasteiger partial charge in [-0.05, 0) is 23.9 Å². The summed E-state index contributed by atoms with van der Waals surface area (Å²) in [6, 6.07) is 3.96. The van der Waals surface area contributed by atoms with E-state index in [1.807, 2.05) is 23.6 Å². The van der Waals surface area contributed by atoms with Gasteiger partial charge in [0.25, 0.3) is 0 Å². The molecule has 0 saturated heterocycles. The zero-order chi connectivity index (χ0) is 13.9. The molecular formula is C14H16N4OS. The summed E-state index contributed by atoms with van der Waals surface area (Å²) >= 11 is 1.61. The molecule has 0 N–H and O–H groups in total. The quantitative estimate of drug-likeness (QED) is 0.808. The monoisotopic (exact) mass is 288 g/mol. The van der Waals surface area contributed by atoms with Gasteiger partial charge in [-0.2, -0.15) is 0 Å². The van der Waals surface area contributed by atoms with Crippen molar-refractivity contribution in [3.63, 3.8) is 0 Å². The second-order valence-electron chi connectivity index (χ2n) is 4.83. The van der Waals surface area contributed by atoms with Gasteiger partial charge in [0.15, 0.2) is 5.82 Å². The van der Waals surface area contributed by atoms with E-state index in [2.05, 4.69) is 14.8 Å². The fourth-order valence-electron chi connectivity index (χ4n) is 2.28. The molecule has 0 saturated carbocycles. The van der Waals surface area contributed by atoms with E-state index in [9.17, 15) is 4.79 Å². The Kier molecular flexibility index (Phi) is 3.64. The lowest BCUT2D eigenvalue weighted by Crippen LogP contribution is -2.25. The highest BCUT2D eigenvalue weighted by Crippen LogP contribution is 2.15. The lowest BCUT2D eigenvalue weighted by molar-refractivity contribution is -0.125. The lowest BCUT2D eigenvalue weighted by Gasteiger charge is -2.14. The van der Waals surface area contributed by atoms with Crippen LogP contribution in [0.4, 0.5) is 0 Å². The highest BCUT2D eigenvalue weighted by molar-refractivity contribution is 7.10. The van der Waals surface area contributed by atoms with Crippen LogP contribution >= 0.6 is 11.3 Å². The molecule has 104 valence electrons. The summed E-state index contributed by atoms with van der Waals surface area (Å²) in [6.45, 7) is 1.46. The van der Waals surface area contributed by atoms with Crippen LogP contribution in [0.1, 0.15) is 22.9 Å². The van der Waals surface area contributed by atoms with E-state index in [1.54, 1.807) is 29.4 Å². The molecule has 3 rings (SSSR count). The van der Waals surface area contributed by atoms with Crippen LogP contribution in [0.3, 0.4) is 0 Å². The van der Waals surface area contributed by atoms with E-state index >= 15 is 0 Å². The zero-order valence-electron chi connectivity index (χ0n) is 11.3. The standard InChI is InChI=1S/C14H16N4OS/c1-17(14(19)7-6-11-4-3-9-20-11)10-13-16-15-12-5-2-8-18(12)13/h3-4,6-7,9H,2,5,8,10H2,1H3. The van der Waals surface area contributed by atoms with E-state index in [1.165, 1.54) is 0 Å². The summed E-state index contributed by atoms with van der Waals surface area (Å²) in [4.78, 5) is 14.8. The van der Waals surface area contributed by atoms with Crippen LogP contribution in [0.25, 0.3) is 6.08 Å². The normalized spacial score (nSPS) is 13.8. The van der Waals surface area contributed by atoms with Crippen molar-refractivity contribution in [3.8, 4) is 0 Å². The van der Waals surface area contributed by atoms with Crippen molar-refractivity contribution in [2.75, 3.05) is 7.05 Å². The molecule has 0 aromatic carbocycles. The lowest BCUT2D eigenvalue weighted by atomic mass is 10.3. The molecule has 1 aliphatic heterocycles. The first-order valence-electron chi connectivity index (χ1n) is 6.61. The molecule has 0 bridgehead atoms. The number of aromatic nitrogens is 3. The Labute approximate surface area is 121 Å². The number of nitrogens with zero attached hydrogens (tertiary/aromatic N) is 4. The van der Waals surface area contributed by atoms with Gasteiger partial charge in [0.05, 0.1) is 6.54 Å². The number of fused-ring (bicyclic) bond motifs is 1. The fourth-order valence-corrected chi connectivity index (χ4v) is 2.90. The Morgan fingerprint density at radius 2 is 2.45 bits per heavy atom. The number of carbonyl (C=O) groups excluding carboxylic acids is 1. The highest BCUT2D eigenvalue weighted by atomic mass is 32.1. The molecule has 2 aromatic rings. The van der Waals surface area contributed by atoms with Crippen LogP contribution in [0, 0.1) is 0 Å². The maximum atomic E-state index is 12.1. The molecule has 6 heteroatoms. The second kappa shape index (κ2) is 5.58. The second-order valence-corrected chi connectivity index (χ2v) is 5.81. The van der Waals surface area contributed by atoms with Gasteiger partial charge in [-0.1, -0.05) is 6.07 Å². The molecule has 0 unspecified atom stereocenters. The predicted octanol–water partition coefficient (Wildman–Crippen LogP) is 1.96. The molecule has 0 radical (unpaired) electrons. The summed E-state index contributed by atoms with van der Waals surface area (Å²) in [5, 5.41) is 10.3. The average Bonchev–Trinajstić information content (AvgIpc) is 3.15. The Morgan fingerprint density at radius 1 is 1.55 bits per heavy atom. The van der Waals surface area contributed by atoms with Crippen molar-refractivity contribution in [3.05, 3.63) is 40.1 Å². The number of aryl methyl sites for hydroxylation is 1. The molecule has 0 spiro atoms. The predicted molar refractivity (Wildman–Crippen MR) is 78.2 cm³/mol. The summed E-state index contributed by atoms with van der Waals surface area (Å²) in [5.74, 6) is 1.89. The number of rotatable bonds is 4. The Balaban J connectivity index is 1.64. The molecule has 1 aliphatic rings. The summed E-state index contributed by atoms with van der Waals surface area (Å²) in [7, 11) is 1.79. The van der Waals surface area contributed by atoms with Gasteiger partial charge in [0.1, 0.15) is 5.82 Å². The maximum absolute atomic E-state index is 12.1. The Morgan fingerprint density at radius 3 is 3.25 bits per heavy atom. The van der Waals surface area contributed by atoms with Crippen molar-refractivity contribution in [2.24, 2.45) is 0 Å². The van der Waals surface area contributed by atoms with Crippen LogP contribution in [0.15, 0.2) is 23.6 Å². The van der Waals surface area contributed by atoms with E-state index < -0.39 is 0 Å². The van der Waals surface area contributed by atoms with E-state index in [0.29, 0.717) is 6.54 Å². The molecule has 0 aliphatic carbocycles. The Bertz CT molecular complexity index is 630. The minimum atomic E-state index is -0.0197. The van der Waals surface area contributed by atoms with Gasteiger partial charge in [-0.25, -0.2) is 0 Å². The third-order valence-electron chi connectivity index (χ3n) is 3.37. The van der Waals surface area contributed by atoms with Gasteiger partial charge in [0.2, 0.25) is 5.91 Å². The summed E-state index contributed by atoms with van der Waals surface area (Å²) in [5.41, 5.74) is 0. The molecule has 2 aromatic heterocycles. The highest BCUT2D eigenvalue weighted by Gasteiger charge is 2.19. The number of hydrogen-bond acceptors (Lipinski definition) is 4. The van der Waals surface area contributed by atoms with Crippen LogP contribution in [0.2, 0.25) is 0 Å². The van der Waals surface area contributed by atoms with Crippen LogP contribution < -0.4 is 0 Å². The largest absolute Gasteiger partial charge is 0.335 e. The van der Waals surface area contributed by atoms with E-state index in [0.717, 1.165) is 35.9 Å². The molecule has 3 heterocycles. The van der Waals surface area contributed by atoms with Crippen LogP contribution in [-0.2, 0) is 24.3 Å². The van der Waals surface area contributed by atoms with E-state index in [4.69, 9.17) is 0 Å². The van der Waals surface area contributed by atoms with Crippen molar-refractivity contribution in [1.82, 2.24) is 19.7 Å². The van der Waals surface area contributed by atoms with Crippen molar-refractivity contribution in [1.29, 1.82) is 0 Å². The van der Waals surface area contributed by atoms with Gasteiger partial charge in [-0.3, -0.25) is 4.79 Å². The summed E-state index contributed by atoms with van der Waals surface area (Å²) in [6.07, 6.45) is 5.56. The van der Waals surface area contributed by atoms with Crippen molar-refractivity contribution in [2.45, 2.75) is 25.9 Å². The van der Waals surface area contributed by atoms with Gasteiger partial charge >= 0.3 is 0 Å². The number of carbonyl (C=O) groups is 1. The first-order chi connectivity index (χ1) is 9.74. The van der Waals surface area contributed by atoms with Gasteiger partial charge in [0, 0.05) is 31.0 Å².